The lowest BCUT2D eigenvalue weighted by Gasteiger charge is -2.13. The Kier molecular flexibility index (Phi) is 4.71. The number of hydroxylamine groups is 2. The molecule has 3 nitrogen and oxygen atoms in total. The second kappa shape index (κ2) is 6.28. The van der Waals surface area contributed by atoms with Crippen LogP contribution in [0.5, 0.6) is 0 Å². The maximum Gasteiger partial charge on any atom is 0.256 e. The van der Waals surface area contributed by atoms with Gasteiger partial charge in [0.1, 0.15) is 0 Å². The standard InChI is InChI=1S/C12H14ClNO2S/c13-11-4-2-10(3-5-11)8-17-9-12(15)14-6-1-7-16-14/h2-5H,1,6-9H2. The quantitative estimate of drug-likeness (QED) is 0.843. The number of thioether (sulfide) groups is 1. The molecule has 0 unspecified atom stereocenters. The van der Waals surface area contributed by atoms with Crippen LogP contribution >= 0.6 is 23.4 Å². The first-order valence-corrected chi connectivity index (χ1v) is 7.04. The molecule has 92 valence electrons. The van der Waals surface area contributed by atoms with E-state index in [0.29, 0.717) is 12.4 Å². The van der Waals surface area contributed by atoms with Crippen molar-refractivity contribution in [3.8, 4) is 0 Å². The van der Waals surface area contributed by atoms with Gasteiger partial charge in [0.25, 0.3) is 5.91 Å². The Morgan fingerprint density at radius 3 is 2.82 bits per heavy atom. The van der Waals surface area contributed by atoms with Gasteiger partial charge in [-0.05, 0) is 24.1 Å². The van der Waals surface area contributed by atoms with Crippen molar-refractivity contribution in [2.24, 2.45) is 0 Å². The smallest absolute Gasteiger partial charge is 0.256 e. The molecule has 1 aromatic carbocycles. The van der Waals surface area contributed by atoms with E-state index >= 15 is 0 Å². The molecule has 0 atom stereocenters. The molecule has 5 heteroatoms. The lowest BCUT2D eigenvalue weighted by atomic mass is 10.2. The molecule has 1 saturated heterocycles. The molecule has 1 fully saturated rings. The number of halogens is 1. The van der Waals surface area contributed by atoms with Crippen molar-refractivity contribution >= 4 is 29.3 Å². The zero-order chi connectivity index (χ0) is 12.1. The van der Waals surface area contributed by atoms with E-state index in [0.717, 1.165) is 23.7 Å². The highest BCUT2D eigenvalue weighted by molar-refractivity contribution is 7.99. The molecule has 1 heterocycles. The van der Waals surface area contributed by atoms with Crippen LogP contribution in [0.2, 0.25) is 5.02 Å². The van der Waals surface area contributed by atoms with Crippen LogP contribution in [0, 0.1) is 0 Å². The van der Waals surface area contributed by atoms with Gasteiger partial charge < -0.3 is 0 Å². The molecule has 1 aromatic rings. The summed E-state index contributed by atoms with van der Waals surface area (Å²) in [4.78, 5) is 16.8. The van der Waals surface area contributed by atoms with Crippen molar-refractivity contribution in [1.29, 1.82) is 0 Å². The van der Waals surface area contributed by atoms with Gasteiger partial charge in [-0.15, -0.1) is 11.8 Å². The molecule has 0 aliphatic carbocycles. The van der Waals surface area contributed by atoms with E-state index in [1.807, 2.05) is 24.3 Å². The Morgan fingerprint density at radius 1 is 1.41 bits per heavy atom. The van der Waals surface area contributed by atoms with Crippen molar-refractivity contribution in [3.05, 3.63) is 34.9 Å². The van der Waals surface area contributed by atoms with Crippen LogP contribution in [0.3, 0.4) is 0 Å². The molecule has 0 saturated carbocycles. The molecular weight excluding hydrogens is 258 g/mol. The van der Waals surface area contributed by atoms with Crippen LogP contribution in [-0.4, -0.2) is 29.9 Å². The summed E-state index contributed by atoms with van der Waals surface area (Å²) in [6.45, 7) is 1.38. The molecule has 1 aliphatic rings. The Hall–Kier alpha value is -0.710. The second-order valence-corrected chi connectivity index (χ2v) is 5.22. The molecule has 1 amide bonds. The van der Waals surface area contributed by atoms with Gasteiger partial charge in [0.2, 0.25) is 0 Å². The summed E-state index contributed by atoms with van der Waals surface area (Å²) in [5.74, 6) is 1.33. The molecule has 0 aromatic heterocycles. The van der Waals surface area contributed by atoms with E-state index < -0.39 is 0 Å². The van der Waals surface area contributed by atoms with Crippen molar-refractivity contribution in [1.82, 2.24) is 5.06 Å². The molecule has 2 rings (SSSR count). The SMILES string of the molecule is O=C(CSCc1ccc(Cl)cc1)N1CCCO1. The van der Waals surface area contributed by atoms with Gasteiger partial charge in [-0.3, -0.25) is 9.63 Å². The lowest BCUT2D eigenvalue weighted by Crippen LogP contribution is -2.28. The maximum absolute atomic E-state index is 11.6. The number of hydrogen-bond acceptors (Lipinski definition) is 3. The third-order valence-corrected chi connectivity index (χ3v) is 3.68. The largest absolute Gasteiger partial charge is 0.272 e. The van der Waals surface area contributed by atoms with Gasteiger partial charge in [0, 0.05) is 10.8 Å². The minimum atomic E-state index is 0.0569. The first-order chi connectivity index (χ1) is 8.25. The van der Waals surface area contributed by atoms with Gasteiger partial charge >= 0.3 is 0 Å². The first-order valence-electron chi connectivity index (χ1n) is 5.51. The average molecular weight is 272 g/mol. The number of hydrogen-bond donors (Lipinski definition) is 0. The maximum atomic E-state index is 11.6. The predicted octanol–water partition coefficient (Wildman–Crippen LogP) is 2.74. The fraction of sp³-hybridized carbons (Fsp3) is 0.417. The fourth-order valence-corrected chi connectivity index (χ4v) is 2.53. The van der Waals surface area contributed by atoms with Crippen molar-refractivity contribution in [2.45, 2.75) is 12.2 Å². The number of nitrogens with zero attached hydrogens (tertiary/aromatic N) is 1. The van der Waals surface area contributed by atoms with Crippen LogP contribution < -0.4 is 0 Å². The molecule has 17 heavy (non-hydrogen) atoms. The summed E-state index contributed by atoms with van der Waals surface area (Å²) in [5.41, 5.74) is 1.18. The van der Waals surface area contributed by atoms with Crippen LogP contribution in [0.25, 0.3) is 0 Å². The van der Waals surface area contributed by atoms with Gasteiger partial charge in [-0.1, -0.05) is 23.7 Å². The number of carbonyl (C=O) groups excluding carboxylic acids is 1. The fourth-order valence-electron chi connectivity index (χ4n) is 1.55. The predicted molar refractivity (Wildman–Crippen MR) is 69.9 cm³/mol. The zero-order valence-electron chi connectivity index (χ0n) is 9.39. The van der Waals surface area contributed by atoms with Gasteiger partial charge in [-0.2, -0.15) is 0 Å². The molecular formula is C12H14ClNO2S. The summed E-state index contributed by atoms with van der Waals surface area (Å²) >= 11 is 7.39. The Balaban J connectivity index is 1.72. The second-order valence-electron chi connectivity index (χ2n) is 3.80. The highest BCUT2D eigenvalue weighted by Crippen LogP contribution is 2.16. The van der Waals surface area contributed by atoms with E-state index in [4.69, 9.17) is 16.4 Å². The van der Waals surface area contributed by atoms with Crippen LogP contribution in [0.15, 0.2) is 24.3 Å². The van der Waals surface area contributed by atoms with Gasteiger partial charge in [-0.25, -0.2) is 5.06 Å². The summed E-state index contributed by atoms with van der Waals surface area (Å²) in [6.07, 6.45) is 0.938. The topological polar surface area (TPSA) is 29.5 Å². The van der Waals surface area contributed by atoms with E-state index in [2.05, 4.69) is 0 Å². The van der Waals surface area contributed by atoms with Crippen molar-refractivity contribution < 1.29 is 9.63 Å². The van der Waals surface area contributed by atoms with Gasteiger partial charge in [0.05, 0.1) is 18.9 Å². The summed E-state index contributed by atoms with van der Waals surface area (Å²) < 4.78 is 0. The highest BCUT2D eigenvalue weighted by atomic mass is 35.5. The van der Waals surface area contributed by atoms with Crippen LogP contribution in [0.4, 0.5) is 0 Å². The van der Waals surface area contributed by atoms with Crippen LogP contribution in [0.1, 0.15) is 12.0 Å². The molecule has 1 aliphatic heterocycles. The normalized spacial score (nSPS) is 15.2. The number of benzene rings is 1. The van der Waals surface area contributed by atoms with Crippen molar-refractivity contribution in [2.75, 3.05) is 18.9 Å². The number of rotatable bonds is 4. The highest BCUT2D eigenvalue weighted by Gasteiger charge is 2.18. The monoisotopic (exact) mass is 271 g/mol. The third-order valence-electron chi connectivity index (χ3n) is 2.44. The van der Waals surface area contributed by atoms with Crippen molar-refractivity contribution in [3.63, 3.8) is 0 Å². The minimum Gasteiger partial charge on any atom is -0.272 e. The summed E-state index contributed by atoms with van der Waals surface area (Å²) in [6, 6.07) is 7.68. The Labute approximate surface area is 110 Å². The summed E-state index contributed by atoms with van der Waals surface area (Å²) in [5, 5.41) is 2.20. The van der Waals surface area contributed by atoms with Crippen LogP contribution in [-0.2, 0) is 15.4 Å². The van der Waals surface area contributed by atoms with E-state index in [1.165, 1.54) is 10.6 Å². The average Bonchev–Trinajstić information content (AvgIpc) is 2.85. The Morgan fingerprint density at radius 2 is 2.18 bits per heavy atom. The molecule has 0 radical (unpaired) electrons. The van der Waals surface area contributed by atoms with E-state index in [-0.39, 0.29) is 5.91 Å². The number of amides is 1. The minimum absolute atomic E-state index is 0.0569. The lowest BCUT2D eigenvalue weighted by molar-refractivity contribution is -0.165. The molecule has 0 spiro atoms. The Bertz CT molecular complexity index is 377. The molecule has 0 N–H and O–H groups in total. The van der Waals surface area contributed by atoms with E-state index in [9.17, 15) is 4.79 Å². The third kappa shape index (κ3) is 3.91. The molecule has 0 bridgehead atoms. The summed E-state index contributed by atoms with van der Waals surface area (Å²) in [7, 11) is 0. The van der Waals surface area contributed by atoms with E-state index in [1.54, 1.807) is 11.8 Å². The van der Waals surface area contributed by atoms with Gasteiger partial charge in [0.15, 0.2) is 0 Å². The number of carbonyl (C=O) groups is 1. The zero-order valence-corrected chi connectivity index (χ0v) is 11.0. The first kappa shape index (κ1) is 12.7.